The van der Waals surface area contributed by atoms with E-state index in [1.807, 2.05) is 6.07 Å². The number of methoxy groups -OCH3 is 1. The van der Waals surface area contributed by atoms with Gasteiger partial charge in [-0.3, -0.25) is 0 Å². The number of nitrogens with one attached hydrogen (secondary N) is 1. The Morgan fingerprint density at radius 1 is 1.32 bits per heavy atom. The summed E-state index contributed by atoms with van der Waals surface area (Å²) in [6.07, 6.45) is 4.97. The van der Waals surface area contributed by atoms with Gasteiger partial charge in [0, 0.05) is 31.3 Å². The molecule has 2 unspecified atom stereocenters. The van der Waals surface area contributed by atoms with Crippen molar-refractivity contribution in [3.8, 4) is 11.5 Å². The molecule has 0 saturated carbocycles. The van der Waals surface area contributed by atoms with Crippen LogP contribution in [0.1, 0.15) is 57.6 Å². The Balaban J connectivity index is 3.05. The molecule has 0 radical (unpaired) electrons. The first-order valence-corrected chi connectivity index (χ1v) is 10.0. The van der Waals surface area contributed by atoms with Gasteiger partial charge in [0.25, 0.3) is 0 Å². The highest BCUT2D eigenvalue weighted by Crippen LogP contribution is 2.36. The normalized spacial score (nSPS) is 15.1. The Labute approximate surface area is 169 Å². The van der Waals surface area contributed by atoms with E-state index in [1.54, 1.807) is 20.0 Å². The van der Waals surface area contributed by atoms with Crippen LogP contribution in [0.4, 0.5) is 0 Å². The molecule has 6 heteroatoms. The van der Waals surface area contributed by atoms with Gasteiger partial charge in [0.2, 0.25) is 0 Å². The third kappa shape index (κ3) is 7.24. The summed E-state index contributed by atoms with van der Waals surface area (Å²) in [5.74, 6) is 0.571. The summed E-state index contributed by atoms with van der Waals surface area (Å²) in [6.45, 7) is 6.47. The van der Waals surface area contributed by atoms with Gasteiger partial charge in [-0.15, -0.1) is 0 Å². The van der Waals surface area contributed by atoms with Crippen molar-refractivity contribution in [3.63, 3.8) is 0 Å². The third-order valence-electron chi connectivity index (χ3n) is 5.09. The van der Waals surface area contributed by atoms with E-state index in [0.717, 1.165) is 36.7 Å². The Morgan fingerprint density at radius 2 is 2.04 bits per heavy atom. The summed E-state index contributed by atoms with van der Waals surface area (Å²) in [7, 11) is 3.28. The molecule has 0 amide bonds. The third-order valence-corrected chi connectivity index (χ3v) is 5.09. The summed E-state index contributed by atoms with van der Waals surface area (Å²) in [4.78, 5) is 0. The van der Waals surface area contributed by atoms with Crippen molar-refractivity contribution in [2.45, 2.75) is 71.0 Å². The zero-order valence-electron chi connectivity index (χ0n) is 17.9. The molecule has 0 aromatic heterocycles. The van der Waals surface area contributed by atoms with E-state index in [0.29, 0.717) is 37.3 Å². The summed E-state index contributed by atoms with van der Waals surface area (Å²) >= 11 is 0. The van der Waals surface area contributed by atoms with Crippen LogP contribution in [0.15, 0.2) is 24.1 Å². The number of aliphatic hydroxyl groups is 2. The standard InChI is InChI=1S/C22H37NO5/c1-6-11-22(3,28-13-10-16(2)25)12-9-19-17(14-18(15-24)23-4)7-8-20(27-5)21(19)26/h7-8,15-16,23-26H,6,9-14H2,1-5H3/b18-15+. The van der Waals surface area contributed by atoms with Crippen molar-refractivity contribution in [3.05, 3.63) is 35.2 Å². The van der Waals surface area contributed by atoms with Crippen LogP contribution in [-0.4, -0.2) is 47.8 Å². The van der Waals surface area contributed by atoms with Gasteiger partial charge in [0.05, 0.1) is 25.1 Å². The quantitative estimate of drug-likeness (QED) is 0.379. The zero-order valence-corrected chi connectivity index (χ0v) is 17.9. The fourth-order valence-electron chi connectivity index (χ4n) is 3.33. The molecule has 6 nitrogen and oxygen atoms in total. The second kappa shape index (κ2) is 11.8. The lowest BCUT2D eigenvalue weighted by atomic mass is 9.89. The second-order valence-electron chi connectivity index (χ2n) is 7.52. The first-order chi connectivity index (χ1) is 13.3. The van der Waals surface area contributed by atoms with Crippen LogP contribution >= 0.6 is 0 Å². The van der Waals surface area contributed by atoms with E-state index in [9.17, 15) is 15.3 Å². The molecule has 0 fully saturated rings. The van der Waals surface area contributed by atoms with Crippen molar-refractivity contribution in [2.75, 3.05) is 20.8 Å². The van der Waals surface area contributed by atoms with Crippen molar-refractivity contribution in [2.24, 2.45) is 0 Å². The van der Waals surface area contributed by atoms with Crippen molar-refractivity contribution < 1.29 is 24.8 Å². The van der Waals surface area contributed by atoms with Crippen LogP contribution in [0.25, 0.3) is 0 Å². The lowest BCUT2D eigenvalue weighted by Gasteiger charge is -2.31. The van der Waals surface area contributed by atoms with E-state index in [4.69, 9.17) is 9.47 Å². The van der Waals surface area contributed by atoms with E-state index < -0.39 is 0 Å². The van der Waals surface area contributed by atoms with Crippen LogP contribution in [0.3, 0.4) is 0 Å². The number of allylic oxidation sites excluding steroid dienone is 1. The molecule has 0 aliphatic rings. The number of hydrogen-bond donors (Lipinski definition) is 4. The SMILES string of the molecule is CCCC(C)(CCc1c(C/C(=C\O)NC)ccc(OC)c1O)OCCC(C)O. The van der Waals surface area contributed by atoms with E-state index in [-0.39, 0.29) is 17.5 Å². The summed E-state index contributed by atoms with van der Waals surface area (Å²) in [6, 6.07) is 3.66. The first kappa shape index (κ1) is 24.1. The number of aliphatic hydroxyl groups excluding tert-OH is 2. The molecule has 0 saturated heterocycles. The highest BCUT2D eigenvalue weighted by Gasteiger charge is 2.26. The first-order valence-electron chi connectivity index (χ1n) is 10.0. The summed E-state index contributed by atoms with van der Waals surface area (Å²) in [5.41, 5.74) is 2.05. The molecule has 0 bridgehead atoms. The average molecular weight is 396 g/mol. The maximum atomic E-state index is 10.7. The molecule has 1 aromatic rings. The summed E-state index contributed by atoms with van der Waals surface area (Å²) in [5, 5.41) is 32.5. The lowest BCUT2D eigenvalue weighted by Crippen LogP contribution is -2.30. The van der Waals surface area contributed by atoms with Crippen LogP contribution < -0.4 is 10.1 Å². The Hall–Kier alpha value is -1.92. The predicted molar refractivity (Wildman–Crippen MR) is 112 cm³/mol. The van der Waals surface area contributed by atoms with E-state index in [1.165, 1.54) is 7.11 Å². The molecule has 28 heavy (non-hydrogen) atoms. The molecular weight excluding hydrogens is 358 g/mol. The predicted octanol–water partition coefficient (Wildman–Crippen LogP) is 3.84. The highest BCUT2D eigenvalue weighted by molar-refractivity contribution is 5.50. The monoisotopic (exact) mass is 395 g/mol. The molecule has 0 heterocycles. The number of phenols is 1. The average Bonchev–Trinajstić information content (AvgIpc) is 2.65. The van der Waals surface area contributed by atoms with Crippen LogP contribution in [0.2, 0.25) is 0 Å². The molecule has 0 aliphatic carbocycles. The number of benzene rings is 1. The van der Waals surface area contributed by atoms with Gasteiger partial charge < -0.3 is 30.1 Å². The molecule has 2 atom stereocenters. The molecule has 160 valence electrons. The van der Waals surface area contributed by atoms with Crippen LogP contribution in [0, 0.1) is 0 Å². The fourth-order valence-corrected chi connectivity index (χ4v) is 3.33. The fraction of sp³-hybridized carbons (Fsp3) is 0.636. The number of rotatable bonds is 13. The van der Waals surface area contributed by atoms with Gasteiger partial charge in [0.1, 0.15) is 0 Å². The smallest absolute Gasteiger partial charge is 0.161 e. The van der Waals surface area contributed by atoms with Gasteiger partial charge in [0.15, 0.2) is 11.5 Å². The Kier molecular flexibility index (Phi) is 10.2. The van der Waals surface area contributed by atoms with E-state index in [2.05, 4.69) is 19.2 Å². The molecular formula is C22H37NO5. The van der Waals surface area contributed by atoms with Crippen molar-refractivity contribution >= 4 is 0 Å². The Morgan fingerprint density at radius 3 is 2.57 bits per heavy atom. The number of aromatic hydroxyl groups is 1. The number of likely N-dealkylation sites (N-methyl/N-ethyl adjacent to an activating group) is 1. The van der Waals surface area contributed by atoms with Gasteiger partial charge in [-0.05, 0) is 51.2 Å². The second-order valence-corrected chi connectivity index (χ2v) is 7.52. The minimum atomic E-state index is -0.384. The largest absolute Gasteiger partial charge is 0.514 e. The maximum absolute atomic E-state index is 10.7. The number of hydrogen-bond acceptors (Lipinski definition) is 6. The number of ether oxygens (including phenoxy) is 2. The molecule has 1 aromatic carbocycles. The molecule has 4 N–H and O–H groups in total. The van der Waals surface area contributed by atoms with Gasteiger partial charge in [-0.2, -0.15) is 0 Å². The van der Waals surface area contributed by atoms with Crippen LogP contribution in [-0.2, 0) is 17.6 Å². The lowest BCUT2D eigenvalue weighted by molar-refractivity contribution is -0.0532. The van der Waals surface area contributed by atoms with Crippen molar-refractivity contribution in [1.29, 1.82) is 0 Å². The number of phenolic OH excluding ortho intramolecular Hbond substituents is 1. The van der Waals surface area contributed by atoms with E-state index >= 15 is 0 Å². The topological polar surface area (TPSA) is 91.2 Å². The minimum Gasteiger partial charge on any atom is -0.514 e. The van der Waals surface area contributed by atoms with Crippen molar-refractivity contribution in [1.82, 2.24) is 5.32 Å². The highest BCUT2D eigenvalue weighted by atomic mass is 16.5. The maximum Gasteiger partial charge on any atom is 0.161 e. The summed E-state index contributed by atoms with van der Waals surface area (Å²) < 4.78 is 11.4. The minimum absolute atomic E-state index is 0.135. The Bertz CT molecular complexity index is 630. The zero-order chi connectivity index (χ0) is 21.2. The van der Waals surface area contributed by atoms with Gasteiger partial charge in [-0.25, -0.2) is 0 Å². The van der Waals surface area contributed by atoms with Gasteiger partial charge >= 0.3 is 0 Å². The van der Waals surface area contributed by atoms with Crippen LogP contribution in [0.5, 0.6) is 11.5 Å². The molecule has 0 aliphatic heterocycles. The molecule has 0 spiro atoms. The van der Waals surface area contributed by atoms with Gasteiger partial charge in [-0.1, -0.05) is 19.4 Å². The molecule has 1 rings (SSSR count).